The maximum Gasteiger partial charge on any atom is 0.249 e. The molecule has 3 rings (SSSR count). The van der Waals surface area contributed by atoms with E-state index in [0.717, 1.165) is 0 Å². The summed E-state index contributed by atoms with van der Waals surface area (Å²) < 4.78 is 19.2. The van der Waals surface area contributed by atoms with E-state index in [1.807, 2.05) is 6.92 Å². The molecule has 120 valence electrons. The van der Waals surface area contributed by atoms with Gasteiger partial charge in [-0.15, -0.1) is 0 Å². The minimum atomic E-state index is -0.445. The van der Waals surface area contributed by atoms with Crippen LogP contribution < -0.4 is 15.0 Å². The Morgan fingerprint density at radius 2 is 2.22 bits per heavy atom. The first kappa shape index (κ1) is 15.2. The maximum absolute atomic E-state index is 13.9. The van der Waals surface area contributed by atoms with E-state index in [-0.39, 0.29) is 5.91 Å². The Labute approximate surface area is 133 Å². The Morgan fingerprint density at radius 1 is 1.39 bits per heavy atom. The number of hydrogen-bond donors (Lipinski definition) is 1. The average molecular weight is 316 g/mol. The van der Waals surface area contributed by atoms with Crippen LogP contribution in [0.3, 0.4) is 0 Å². The zero-order valence-corrected chi connectivity index (χ0v) is 12.7. The van der Waals surface area contributed by atoms with Crippen molar-refractivity contribution in [2.24, 2.45) is 0 Å². The third-order valence-corrected chi connectivity index (χ3v) is 3.61. The monoisotopic (exact) mass is 316 g/mol. The molecule has 1 fully saturated rings. The molecule has 0 radical (unpaired) electrons. The van der Waals surface area contributed by atoms with Gasteiger partial charge in [0.2, 0.25) is 11.8 Å². The summed E-state index contributed by atoms with van der Waals surface area (Å²) in [6, 6.07) is 7.47. The standard InChI is InChI=1S/C16H17FN4O2/c1-2-23-15-9-14(18-10-19-15)20-12-7-8-21(16(12)22)13-6-4-3-5-11(13)17/h3-6,9-10,12H,2,7-8H2,1H3,(H,18,19,20). The number of carbonyl (C=O) groups is 1. The van der Waals surface area contributed by atoms with E-state index in [2.05, 4.69) is 15.3 Å². The first-order valence-corrected chi connectivity index (χ1v) is 7.46. The van der Waals surface area contributed by atoms with Gasteiger partial charge < -0.3 is 15.0 Å². The lowest BCUT2D eigenvalue weighted by atomic mass is 10.2. The summed E-state index contributed by atoms with van der Waals surface area (Å²) >= 11 is 0. The Bertz CT molecular complexity index is 710. The summed E-state index contributed by atoms with van der Waals surface area (Å²) in [4.78, 5) is 22.0. The molecular formula is C16H17FN4O2. The summed E-state index contributed by atoms with van der Waals surface area (Å²) in [5.74, 6) is 0.382. The predicted octanol–water partition coefficient (Wildman–Crippen LogP) is 2.23. The normalized spacial score (nSPS) is 17.4. The molecule has 2 heterocycles. The molecule has 6 nitrogen and oxygen atoms in total. The second-order valence-electron chi connectivity index (χ2n) is 5.10. The largest absolute Gasteiger partial charge is 0.478 e. The van der Waals surface area contributed by atoms with Crippen molar-refractivity contribution in [2.45, 2.75) is 19.4 Å². The van der Waals surface area contributed by atoms with Crippen LogP contribution in [-0.4, -0.2) is 35.1 Å². The van der Waals surface area contributed by atoms with Gasteiger partial charge in [-0.05, 0) is 25.5 Å². The van der Waals surface area contributed by atoms with Gasteiger partial charge in [0.05, 0.1) is 12.3 Å². The smallest absolute Gasteiger partial charge is 0.249 e. The van der Waals surface area contributed by atoms with Gasteiger partial charge in [-0.1, -0.05) is 12.1 Å². The van der Waals surface area contributed by atoms with Crippen LogP contribution in [0.4, 0.5) is 15.9 Å². The number of ether oxygens (including phenoxy) is 1. The second-order valence-corrected chi connectivity index (χ2v) is 5.10. The van der Waals surface area contributed by atoms with E-state index < -0.39 is 11.9 Å². The van der Waals surface area contributed by atoms with E-state index in [1.54, 1.807) is 24.3 Å². The number of nitrogens with zero attached hydrogens (tertiary/aromatic N) is 3. The highest BCUT2D eigenvalue weighted by atomic mass is 19.1. The molecule has 1 aliphatic rings. The van der Waals surface area contributed by atoms with Crippen LogP contribution in [-0.2, 0) is 4.79 Å². The number of hydrogen-bond acceptors (Lipinski definition) is 5. The van der Waals surface area contributed by atoms with Gasteiger partial charge in [-0.2, -0.15) is 0 Å². The van der Waals surface area contributed by atoms with Gasteiger partial charge in [0.1, 0.15) is 24.0 Å². The summed E-state index contributed by atoms with van der Waals surface area (Å²) in [6.07, 6.45) is 1.95. The fourth-order valence-electron chi connectivity index (χ4n) is 2.55. The highest BCUT2D eigenvalue weighted by Crippen LogP contribution is 2.26. The average Bonchev–Trinajstić information content (AvgIpc) is 2.90. The summed E-state index contributed by atoms with van der Waals surface area (Å²) in [6.45, 7) is 2.82. The lowest BCUT2D eigenvalue weighted by molar-refractivity contribution is -0.117. The Balaban J connectivity index is 1.72. The number of nitrogens with one attached hydrogen (secondary N) is 1. The molecule has 1 saturated heterocycles. The second kappa shape index (κ2) is 6.60. The molecule has 1 N–H and O–H groups in total. The number of anilines is 2. The Morgan fingerprint density at radius 3 is 3.00 bits per heavy atom. The number of para-hydroxylation sites is 1. The van der Waals surface area contributed by atoms with Gasteiger partial charge >= 0.3 is 0 Å². The van der Waals surface area contributed by atoms with Crippen LogP contribution in [0.15, 0.2) is 36.7 Å². The fraction of sp³-hybridized carbons (Fsp3) is 0.312. The molecule has 23 heavy (non-hydrogen) atoms. The molecule has 0 aliphatic carbocycles. The fourth-order valence-corrected chi connectivity index (χ4v) is 2.55. The summed E-state index contributed by atoms with van der Waals surface area (Å²) in [5.41, 5.74) is 0.305. The molecule has 2 aromatic rings. The topological polar surface area (TPSA) is 67.3 Å². The van der Waals surface area contributed by atoms with Crippen LogP contribution in [0.25, 0.3) is 0 Å². The van der Waals surface area contributed by atoms with Crippen LogP contribution >= 0.6 is 0 Å². The van der Waals surface area contributed by atoms with Gasteiger partial charge in [0, 0.05) is 12.6 Å². The number of carbonyl (C=O) groups excluding carboxylic acids is 1. The number of halogens is 1. The van der Waals surface area contributed by atoms with E-state index in [0.29, 0.717) is 37.0 Å². The van der Waals surface area contributed by atoms with Crippen LogP contribution in [0.1, 0.15) is 13.3 Å². The molecule has 1 unspecified atom stereocenters. The SMILES string of the molecule is CCOc1cc(NC2CCN(c3ccccc3F)C2=O)ncn1. The van der Waals surface area contributed by atoms with Crippen molar-refractivity contribution >= 4 is 17.4 Å². The van der Waals surface area contributed by atoms with E-state index in [4.69, 9.17) is 4.74 Å². The van der Waals surface area contributed by atoms with E-state index >= 15 is 0 Å². The number of benzene rings is 1. The third-order valence-electron chi connectivity index (χ3n) is 3.61. The van der Waals surface area contributed by atoms with Gasteiger partial charge in [-0.3, -0.25) is 4.79 Å². The molecule has 0 spiro atoms. The van der Waals surface area contributed by atoms with Crippen molar-refractivity contribution < 1.29 is 13.9 Å². The molecule has 0 bridgehead atoms. The number of aromatic nitrogens is 2. The lowest BCUT2D eigenvalue weighted by Gasteiger charge is -2.18. The zero-order valence-electron chi connectivity index (χ0n) is 12.7. The minimum Gasteiger partial charge on any atom is -0.478 e. The zero-order chi connectivity index (χ0) is 16.2. The minimum absolute atomic E-state index is 0.174. The van der Waals surface area contributed by atoms with Crippen LogP contribution in [0.2, 0.25) is 0 Å². The van der Waals surface area contributed by atoms with Crippen molar-refractivity contribution in [1.82, 2.24) is 9.97 Å². The highest BCUT2D eigenvalue weighted by molar-refractivity contribution is 6.01. The van der Waals surface area contributed by atoms with Gasteiger partial charge in [0.15, 0.2) is 0 Å². The molecule has 7 heteroatoms. The van der Waals surface area contributed by atoms with Crippen molar-refractivity contribution in [3.05, 3.63) is 42.5 Å². The highest BCUT2D eigenvalue weighted by Gasteiger charge is 2.33. The molecule has 1 aliphatic heterocycles. The molecular weight excluding hydrogens is 299 g/mol. The third kappa shape index (κ3) is 3.23. The van der Waals surface area contributed by atoms with E-state index in [1.165, 1.54) is 17.3 Å². The summed E-state index contributed by atoms with van der Waals surface area (Å²) in [7, 11) is 0. The predicted molar refractivity (Wildman–Crippen MR) is 84.0 cm³/mol. The van der Waals surface area contributed by atoms with Crippen molar-refractivity contribution in [1.29, 1.82) is 0 Å². The van der Waals surface area contributed by atoms with E-state index in [9.17, 15) is 9.18 Å². The number of rotatable bonds is 5. The maximum atomic E-state index is 13.9. The Kier molecular flexibility index (Phi) is 4.36. The van der Waals surface area contributed by atoms with Crippen molar-refractivity contribution in [3.8, 4) is 5.88 Å². The lowest BCUT2D eigenvalue weighted by Crippen LogP contribution is -2.34. The molecule has 1 aromatic heterocycles. The van der Waals surface area contributed by atoms with Gasteiger partial charge in [0.25, 0.3) is 0 Å². The molecule has 1 amide bonds. The van der Waals surface area contributed by atoms with Crippen LogP contribution in [0.5, 0.6) is 5.88 Å². The number of amides is 1. The summed E-state index contributed by atoms with van der Waals surface area (Å²) in [5, 5.41) is 3.06. The quantitative estimate of drug-likeness (QED) is 0.916. The first-order valence-electron chi connectivity index (χ1n) is 7.46. The first-order chi connectivity index (χ1) is 11.2. The van der Waals surface area contributed by atoms with Crippen LogP contribution in [0, 0.1) is 5.82 Å². The molecule has 1 atom stereocenters. The Hall–Kier alpha value is -2.70. The van der Waals surface area contributed by atoms with Gasteiger partial charge in [-0.25, -0.2) is 14.4 Å². The van der Waals surface area contributed by atoms with Crippen molar-refractivity contribution in [3.63, 3.8) is 0 Å². The molecule has 0 saturated carbocycles. The van der Waals surface area contributed by atoms with Crippen molar-refractivity contribution in [2.75, 3.05) is 23.4 Å². The molecule has 1 aromatic carbocycles.